The first-order valence-corrected chi connectivity index (χ1v) is 3.99. The first-order chi connectivity index (χ1) is 5.77. The number of halogens is 2. The minimum atomic E-state index is -0.204. The third-order valence-corrected chi connectivity index (χ3v) is 2.02. The lowest BCUT2D eigenvalue weighted by Crippen LogP contribution is -1.77. The molecule has 0 spiro atoms. The summed E-state index contributed by atoms with van der Waals surface area (Å²) in [6.07, 6.45) is 0. The number of fused-ring (bicyclic) bond motifs is 1. The van der Waals surface area contributed by atoms with Crippen molar-refractivity contribution >= 4 is 22.4 Å². The Morgan fingerprint density at radius 1 is 1.08 bits per heavy atom. The van der Waals surface area contributed by atoms with Crippen molar-refractivity contribution in [2.24, 2.45) is 0 Å². The summed E-state index contributed by atoms with van der Waals surface area (Å²) in [7, 11) is 0. The van der Waals surface area contributed by atoms with Crippen LogP contribution in [0.4, 0.5) is 4.39 Å². The fourth-order valence-electron chi connectivity index (χ4n) is 1.22. The molecule has 0 aliphatic carbocycles. The highest BCUT2D eigenvalue weighted by molar-refractivity contribution is 6.31. The van der Waals surface area contributed by atoms with Crippen molar-refractivity contribution in [3.8, 4) is 0 Å². The van der Waals surface area contributed by atoms with E-state index in [1.165, 1.54) is 6.07 Å². The van der Waals surface area contributed by atoms with E-state index >= 15 is 0 Å². The first-order valence-electron chi connectivity index (χ1n) is 3.61. The van der Waals surface area contributed by atoms with Crippen LogP contribution in [0, 0.1) is 5.82 Å². The van der Waals surface area contributed by atoms with Crippen LogP contribution >= 0.6 is 11.6 Å². The molecule has 0 heterocycles. The molecule has 2 aromatic carbocycles. The van der Waals surface area contributed by atoms with E-state index in [2.05, 4.69) is 0 Å². The van der Waals surface area contributed by atoms with Gasteiger partial charge in [0.05, 0.1) is 0 Å². The molecule has 0 N–H and O–H groups in total. The molecule has 12 heavy (non-hydrogen) atoms. The zero-order chi connectivity index (χ0) is 8.55. The Bertz CT molecular complexity index is 423. The van der Waals surface area contributed by atoms with Gasteiger partial charge >= 0.3 is 0 Å². The number of hydrogen-bond acceptors (Lipinski definition) is 0. The Morgan fingerprint density at radius 2 is 1.92 bits per heavy atom. The summed E-state index contributed by atoms with van der Waals surface area (Å²) in [4.78, 5) is 0. The quantitative estimate of drug-likeness (QED) is 0.581. The maximum atomic E-state index is 13.1. The molecular weight excluding hydrogens is 175 g/mol. The second-order valence-electron chi connectivity index (χ2n) is 2.61. The van der Waals surface area contributed by atoms with E-state index in [4.69, 9.17) is 11.6 Å². The molecule has 2 rings (SSSR count). The van der Waals surface area contributed by atoms with E-state index in [0.29, 0.717) is 10.4 Å². The number of benzene rings is 2. The number of hydrogen-bond donors (Lipinski definition) is 0. The molecule has 60 valence electrons. The summed E-state index contributed by atoms with van der Waals surface area (Å²) in [5.41, 5.74) is 0. The van der Waals surface area contributed by atoms with Crippen LogP contribution in [0.15, 0.2) is 36.4 Å². The van der Waals surface area contributed by atoms with Crippen LogP contribution in [0.3, 0.4) is 0 Å². The van der Waals surface area contributed by atoms with Gasteiger partial charge in [0.2, 0.25) is 0 Å². The normalized spacial score (nSPS) is 10.5. The van der Waals surface area contributed by atoms with Gasteiger partial charge in [-0.2, -0.15) is 0 Å². The van der Waals surface area contributed by atoms with Crippen molar-refractivity contribution < 1.29 is 4.39 Å². The molecule has 2 heteroatoms. The van der Waals surface area contributed by atoms with Crippen LogP contribution in [-0.4, -0.2) is 0 Å². The summed E-state index contributed by atoms with van der Waals surface area (Å²) in [6, 6.07) is 10.1. The molecule has 0 unspecified atom stereocenters. The fourth-order valence-corrected chi connectivity index (χ4v) is 1.40. The molecule has 0 radical (unpaired) electrons. The Hall–Kier alpha value is -1.08. The molecule has 0 bridgehead atoms. The van der Waals surface area contributed by atoms with Crippen molar-refractivity contribution in [2.75, 3.05) is 0 Å². The third-order valence-electron chi connectivity index (χ3n) is 1.79. The molecule has 0 amide bonds. The van der Waals surface area contributed by atoms with Crippen LogP contribution in [0.1, 0.15) is 0 Å². The van der Waals surface area contributed by atoms with E-state index in [9.17, 15) is 4.39 Å². The van der Waals surface area contributed by atoms with Gasteiger partial charge in [-0.1, -0.05) is 23.7 Å². The Labute approximate surface area is 74.6 Å². The van der Waals surface area contributed by atoms with Crippen molar-refractivity contribution in [1.29, 1.82) is 0 Å². The highest BCUT2D eigenvalue weighted by Gasteiger charge is 1.98. The summed E-state index contributed by atoms with van der Waals surface area (Å²) >= 11 is 5.75. The van der Waals surface area contributed by atoms with Crippen molar-refractivity contribution in [2.45, 2.75) is 0 Å². The van der Waals surface area contributed by atoms with Crippen LogP contribution in [-0.2, 0) is 0 Å². The second kappa shape index (κ2) is 2.76. The molecule has 0 aliphatic rings. The van der Waals surface area contributed by atoms with Crippen LogP contribution in [0.5, 0.6) is 0 Å². The van der Waals surface area contributed by atoms with Crippen LogP contribution in [0.2, 0.25) is 5.02 Å². The van der Waals surface area contributed by atoms with Gasteiger partial charge in [-0.25, -0.2) is 4.39 Å². The van der Waals surface area contributed by atoms with E-state index < -0.39 is 0 Å². The maximum absolute atomic E-state index is 13.1. The van der Waals surface area contributed by atoms with Gasteiger partial charge in [0.15, 0.2) is 0 Å². The molecule has 0 saturated heterocycles. The Kier molecular flexibility index (Phi) is 1.74. The monoisotopic (exact) mass is 180 g/mol. The lowest BCUT2D eigenvalue weighted by molar-refractivity contribution is 0.640. The van der Waals surface area contributed by atoms with Gasteiger partial charge in [-0.15, -0.1) is 0 Å². The summed E-state index contributed by atoms with van der Waals surface area (Å²) in [6.45, 7) is 0. The number of rotatable bonds is 0. The summed E-state index contributed by atoms with van der Waals surface area (Å²) < 4.78 is 13.1. The molecule has 0 aromatic heterocycles. The Balaban J connectivity index is 2.86. The third kappa shape index (κ3) is 1.16. The largest absolute Gasteiger partial charge is 0.206 e. The molecule has 0 fully saturated rings. The highest BCUT2D eigenvalue weighted by Crippen LogP contribution is 2.21. The van der Waals surface area contributed by atoms with Gasteiger partial charge in [0, 0.05) is 10.4 Å². The lowest BCUT2D eigenvalue weighted by atomic mass is 10.1. The van der Waals surface area contributed by atoms with Crippen LogP contribution in [0.25, 0.3) is 10.8 Å². The SMILES string of the molecule is Fc1cccc2cc(Cl)ccc12. The van der Waals surface area contributed by atoms with Gasteiger partial charge in [-0.05, 0) is 29.7 Å². The smallest absolute Gasteiger partial charge is 0.131 e. The minimum absolute atomic E-state index is 0.204. The lowest BCUT2D eigenvalue weighted by Gasteiger charge is -1.98. The Morgan fingerprint density at radius 3 is 2.75 bits per heavy atom. The minimum Gasteiger partial charge on any atom is -0.206 e. The zero-order valence-electron chi connectivity index (χ0n) is 6.22. The van der Waals surface area contributed by atoms with Gasteiger partial charge in [0.1, 0.15) is 5.82 Å². The van der Waals surface area contributed by atoms with Gasteiger partial charge in [-0.3, -0.25) is 0 Å². The molecular formula is C10H6ClF. The predicted octanol–water partition coefficient (Wildman–Crippen LogP) is 3.63. The molecule has 0 nitrogen and oxygen atoms in total. The van der Waals surface area contributed by atoms with E-state index in [-0.39, 0.29) is 5.82 Å². The van der Waals surface area contributed by atoms with Gasteiger partial charge in [0.25, 0.3) is 0 Å². The standard InChI is InChI=1S/C10H6ClF/c11-8-4-5-9-7(6-8)2-1-3-10(9)12/h1-6H. The van der Waals surface area contributed by atoms with Gasteiger partial charge < -0.3 is 0 Å². The van der Waals surface area contributed by atoms with E-state index in [1.54, 1.807) is 24.3 Å². The van der Waals surface area contributed by atoms with E-state index in [0.717, 1.165) is 5.39 Å². The summed E-state index contributed by atoms with van der Waals surface area (Å²) in [5, 5.41) is 2.08. The zero-order valence-corrected chi connectivity index (χ0v) is 6.98. The molecule has 0 aliphatic heterocycles. The average molecular weight is 181 g/mol. The second-order valence-corrected chi connectivity index (χ2v) is 3.04. The fraction of sp³-hybridized carbons (Fsp3) is 0. The average Bonchev–Trinajstić information content (AvgIpc) is 2.04. The van der Waals surface area contributed by atoms with Crippen molar-refractivity contribution in [3.05, 3.63) is 47.2 Å². The van der Waals surface area contributed by atoms with Crippen LogP contribution < -0.4 is 0 Å². The topological polar surface area (TPSA) is 0 Å². The molecule has 2 aromatic rings. The predicted molar refractivity (Wildman–Crippen MR) is 48.9 cm³/mol. The highest BCUT2D eigenvalue weighted by atomic mass is 35.5. The molecule has 0 saturated carbocycles. The van der Waals surface area contributed by atoms with Crippen molar-refractivity contribution in [3.63, 3.8) is 0 Å². The molecule has 0 atom stereocenters. The maximum Gasteiger partial charge on any atom is 0.131 e. The van der Waals surface area contributed by atoms with Crippen molar-refractivity contribution in [1.82, 2.24) is 0 Å². The summed E-state index contributed by atoms with van der Waals surface area (Å²) in [5.74, 6) is -0.204. The van der Waals surface area contributed by atoms with E-state index in [1.807, 2.05) is 6.07 Å². The first kappa shape index (κ1) is 7.56.